The van der Waals surface area contributed by atoms with Crippen LogP contribution in [-0.2, 0) is 12.7 Å². The van der Waals surface area contributed by atoms with Crippen molar-refractivity contribution >= 4 is 11.7 Å². The molecule has 2 aromatic rings. The first kappa shape index (κ1) is 17.9. The molecule has 2 saturated carbocycles. The van der Waals surface area contributed by atoms with Gasteiger partial charge in [0, 0.05) is 24.1 Å². The second-order valence-electron chi connectivity index (χ2n) is 7.19. The quantitative estimate of drug-likeness (QED) is 0.779. The Hall–Kier alpha value is -2.51. The molecule has 2 amide bonds. The van der Waals surface area contributed by atoms with Crippen LogP contribution in [0.25, 0.3) is 0 Å². The molecular weight excluding hydrogens is 357 g/mol. The van der Waals surface area contributed by atoms with Crippen molar-refractivity contribution in [2.75, 3.05) is 11.9 Å². The van der Waals surface area contributed by atoms with Gasteiger partial charge in [-0.15, -0.1) is 0 Å². The van der Waals surface area contributed by atoms with Crippen molar-refractivity contribution in [1.29, 1.82) is 0 Å². The summed E-state index contributed by atoms with van der Waals surface area (Å²) in [6, 6.07) is 6.45. The predicted molar refractivity (Wildman–Crippen MR) is 94.6 cm³/mol. The van der Waals surface area contributed by atoms with E-state index in [4.69, 9.17) is 0 Å². The molecule has 1 heterocycles. The van der Waals surface area contributed by atoms with Gasteiger partial charge in [-0.25, -0.2) is 4.79 Å². The van der Waals surface area contributed by atoms with Crippen LogP contribution in [0.1, 0.15) is 54.5 Å². The Morgan fingerprint density at radius 2 is 1.85 bits per heavy atom. The van der Waals surface area contributed by atoms with Gasteiger partial charge in [0.15, 0.2) is 0 Å². The number of hydrogen-bond donors (Lipinski definition) is 2. The first-order valence-electron chi connectivity index (χ1n) is 9.20. The highest BCUT2D eigenvalue weighted by atomic mass is 19.4. The number of nitrogens with zero attached hydrogens (tertiary/aromatic N) is 2. The van der Waals surface area contributed by atoms with Crippen LogP contribution in [0.3, 0.4) is 0 Å². The SMILES string of the molecule is O=C(NCCn1nc(C2CC2)cc1C1CC1)Nc1ccccc1C(F)(F)F. The number of carbonyl (C=O) groups excluding carboxylic acids is 1. The zero-order chi connectivity index (χ0) is 19.0. The molecule has 144 valence electrons. The molecular formula is C19H21F3N4O. The molecule has 0 unspecified atom stereocenters. The van der Waals surface area contributed by atoms with Crippen molar-refractivity contribution in [3.63, 3.8) is 0 Å². The van der Waals surface area contributed by atoms with E-state index in [2.05, 4.69) is 21.8 Å². The number of hydrogen-bond acceptors (Lipinski definition) is 2. The van der Waals surface area contributed by atoms with Gasteiger partial charge in [-0.2, -0.15) is 18.3 Å². The minimum absolute atomic E-state index is 0.253. The number of amides is 2. The first-order valence-corrected chi connectivity index (χ1v) is 9.20. The summed E-state index contributed by atoms with van der Waals surface area (Å²) in [4.78, 5) is 12.0. The number of benzene rings is 1. The fraction of sp³-hybridized carbons (Fsp3) is 0.474. The van der Waals surface area contributed by atoms with E-state index in [-0.39, 0.29) is 5.69 Å². The fourth-order valence-electron chi connectivity index (χ4n) is 3.20. The fourth-order valence-corrected chi connectivity index (χ4v) is 3.20. The number of para-hydroxylation sites is 1. The first-order chi connectivity index (χ1) is 12.9. The monoisotopic (exact) mass is 378 g/mol. The van der Waals surface area contributed by atoms with Crippen molar-refractivity contribution in [1.82, 2.24) is 15.1 Å². The van der Waals surface area contributed by atoms with Gasteiger partial charge in [0.1, 0.15) is 0 Å². The van der Waals surface area contributed by atoms with Gasteiger partial charge in [0.25, 0.3) is 0 Å². The number of rotatable bonds is 6. The van der Waals surface area contributed by atoms with Gasteiger partial charge in [0.05, 0.1) is 23.5 Å². The third kappa shape index (κ3) is 4.26. The second kappa shape index (κ2) is 6.90. The third-order valence-electron chi connectivity index (χ3n) is 4.91. The molecule has 5 nitrogen and oxygen atoms in total. The Labute approximate surface area is 154 Å². The van der Waals surface area contributed by atoms with Crippen LogP contribution >= 0.6 is 0 Å². The minimum Gasteiger partial charge on any atom is -0.336 e. The van der Waals surface area contributed by atoms with Crippen LogP contribution in [-0.4, -0.2) is 22.4 Å². The molecule has 2 N–H and O–H groups in total. The van der Waals surface area contributed by atoms with Gasteiger partial charge < -0.3 is 10.6 Å². The van der Waals surface area contributed by atoms with Gasteiger partial charge in [-0.1, -0.05) is 12.1 Å². The summed E-state index contributed by atoms with van der Waals surface area (Å²) in [5, 5.41) is 9.56. The van der Waals surface area contributed by atoms with Gasteiger partial charge in [0.2, 0.25) is 0 Å². The van der Waals surface area contributed by atoms with Gasteiger partial charge in [-0.05, 0) is 43.9 Å². The molecule has 1 aromatic heterocycles. The molecule has 2 aliphatic carbocycles. The van der Waals surface area contributed by atoms with Crippen molar-refractivity contribution < 1.29 is 18.0 Å². The highest BCUT2D eigenvalue weighted by Crippen LogP contribution is 2.44. The van der Waals surface area contributed by atoms with Gasteiger partial charge >= 0.3 is 12.2 Å². The molecule has 2 fully saturated rings. The van der Waals surface area contributed by atoms with Crippen molar-refractivity contribution in [3.05, 3.63) is 47.3 Å². The van der Waals surface area contributed by atoms with Crippen molar-refractivity contribution in [2.24, 2.45) is 0 Å². The summed E-state index contributed by atoms with van der Waals surface area (Å²) in [5.41, 5.74) is 1.22. The molecule has 8 heteroatoms. The summed E-state index contributed by atoms with van der Waals surface area (Å²) in [5.74, 6) is 1.12. The minimum atomic E-state index is -4.52. The number of urea groups is 1. The number of halogens is 3. The van der Waals surface area contributed by atoms with E-state index in [1.807, 2.05) is 4.68 Å². The van der Waals surface area contributed by atoms with Crippen LogP contribution in [0, 0.1) is 0 Å². The van der Waals surface area contributed by atoms with E-state index in [9.17, 15) is 18.0 Å². The maximum absolute atomic E-state index is 13.0. The van der Waals surface area contributed by atoms with Crippen molar-refractivity contribution in [2.45, 2.75) is 50.2 Å². The van der Waals surface area contributed by atoms with E-state index in [1.54, 1.807) is 0 Å². The smallest absolute Gasteiger partial charge is 0.336 e. The van der Waals surface area contributed by atoms with Crippen LogP contribution in [0.5, 0.6) is 0 Å². The second-order valence-corrected chi connectivity index (χ2v) is 7.19. The molecule has 0 saturated heterocycles. The lowest BCUT2D eigenvalue weighted by molar-refractivity contribution is -0.136. The van der Waals surface area contributed by atoms with E-state index in [1.165, 1.54) is 36.7 Å². The maximum atomic E-state index is 13.0. The average molecular weight is 378 g/mol. The Balaban J connectivity index is 1.34. The standard InChI is InChI=1S/C19H21F3N4O/c20-19(21,22)14-3-1-2-4-15(14)24-18(27)23-9-10-26-17(13-7-8-13)11-16(25-26)12-5-6-12/h1-4,11-13H,5-10H2,(H2,23,24,27). The molecule has 0 aliphatic heterocycles. The van der Waals surface area contributed by atoms with E-state index in [0.717, 1.165) is 24.6 Å². The zero-order valence-electron chi connectivity index (χ0n) is 14.7. The van der Waals surface area contributed by atoms with Crippen LogP contribution in [0.2, 0.25) is 0 Å². The lowest BCUT2D eigenvalue weighted by Crippen LogP contribution is -2.32. The number of aromatic nitrogens is 2. The Morgan fingerprint density at radius 1 is 1.15 bits per heavy atom. The van der Waals surface area contributed by atoms with Crippen LogP contribution < -0.4 is 10.6 Å². The molecule has 0 bridgehead atoms. The number of alkyl halides is 3. The molecule has 27 heavy (non-hydrogen) atoms. The lowest BCUT2D eigenvalue weighted by atomic mass is 10.1. The Bertz CT molecular complexity index is 838. The molecule has 1 aromatic carbocycles. The van der Waals surface area contributed by atoms with Gasteiger partial charge in [-0.3, -0.25) is 4.68 Å². The van der Waals surface area contributed by atoms with Crippen LogP contribution in [0.15, 0.2) is 30.3 Å². The molecule has 2 aliphatic rings. The van der Waals surface area contributed by atoms with Crippen molar-refractivity contribution in [3.8, 4) is 0 Å². The molecule has 0 spiro atoms. The zero-order valence-corrected chi connectivity index (χ0v) is 14.7. The number of anilines is 1. The topological polar surface area (TPSA) is 59.0 Å². The molecule has 0 atom stereocenters. The number of carbonyl (C=O) groups is 1. The molecule has 4 rings (SSSR count). The highest BCUT2D eigenvalue weighted by molar-refractivity contribution is 5.90. The summed E-state index contributed by atoms with van der Waals surface area (Å²) in [6.45, 7) is 0.804. The summed E-state index contributed by atoms with van der Waals surface area (Å²) in [6.07, 6.45) is 0.175. The third-order valence-corrected chi connectivity index (χ3v) is 4.91. The maximum Gasteiger partial charge on any atom is 0.418 e. The Morgan fingerprint density at radius 3 is 2.52 bits per heavy atom. The predicted octanol–water partition coefficient (Wildman–Crippen LogP) is 4.48. The van der Waals surface area contributed by atoms with Crippen LogP contribution in [0.4, 0.5) is 23.7 Å². The summed E-state index contributed by atoms with van der Waals surface area (Å²) in [7, 11) is 0. The largest absolute Gasteiger partial charge is 0.418 e. The summed E-state index contributed by atoms with van der Waals surface area (Å²) < 4.78 is 40.9. The molecule has 0 radical (unpaired) electrons. The van der Waals surface area contributed by atoms with E-state index < -0.39 is 17.8 Å². The van der Waals surface area contributed by atoms with E-state index in [0.29, 0.717) is 24.9 Å². The normalized spacial score (nSPS) is 17.0. The van der Waals surface area contributed by atoms with E-state index >= 15 is 0 Å². The summed E-state index contributed by atoms with van der Waals surface area (Å²) >= 11 is 0. The lowest BCUT2D eigenvalue weighted by Gasteiger charge is -2.14. The Kier molecular flexibility index (Phi) is 4.57. The highest BCUT2D eigenvalue weighted by Gasteiger charge is 2.34. The number of nitrogens with one attached hydrogen (secondary N) is 2. The average Bonchev–Trinajstić information content (AvgIpc) is 3.53.